The molecule has 2 heterocycles. The Kier molecular flexibility index (Phi) is 5.46. The number of hydrogen-bond acceptors (Lipinski definition) is 3. The lowest BCUT2D eigenvalue weighted by molar-refractivity contribution is -0.162. The highest BCUT2D eigenvalue weighted by atomic mass is 28.4. The van der Waals surface area contributed by atoms with Gasteiger partial charge in [-0.1, -0.05) is 0 Å². The zero-order chi connectivity index (χ0) is 14.6. The standard InChI is InChI=1S/C16H29O3Si/c1-16(2)14(13-20(3,4)19-16)9-5-7-11-17-15-10-6-8-12-18-15/h15H,5-8,10-13H2,1-4H3. The smallest absolute Gasteiger partial charge is 0.192 e. The van der Waals surface area contributed by atoms with E-state index in [1.807, 2.05) is 0 Å². The molecule has 0 amide bonds. The average Bonchev–Trinajstić information content (AvgIpc) is 2.58. The highest BCUT2D eigenvalue weighted by Crippen LogP contribution is 2.39. The summed E-state index contributed by atoms with van der Waals surface area (Å²) in [6.45, 7) is 10.5. The Morgan fingerprint density at radius 1 is 1.35 bits per heavy atom. The van der Waals surface area contributed by atoms with Crippen molar-refractivity contribution < 1.29 is 13.9 Å². The molecule has 2 fully saturated rings. The van der Waals surface area contributed by atoms with E-state index < -0.39 is 8.32 Å². The Hall–Kier alpha value is -0.163. The summed E-state index contributed by atoms with van der Waals surface area (Å²) < 4.78 is 17.5. The molecule has 2 saturated heterocycles. The average molecular weight is 297 g/mol. The summed E-state index contributed by atoms with van der Waals surface area (Å²) in [6.07, 6.45) is 9.03. The van der Waals surface area contributed by atoms with Crippen molar-refractivity contribution >= 4 is 8.32 Å². The van der Waals surface area contributed by atoms with E-state index in [4.69, 9.17) is 13.9 Å². The number of rotatable bonds is 5. The molecule has 0 N–H and O–H groups in total. The molecular formula is C16H29O3Si. The molecule has 1 radical (unpaired) electrons. The minimum Gasteiger partial charge on any atom is -0.408 e. The zero-order valence-electron chi connectivity index (χ0n) is 13.5. The van der Waals surface area contributed by atoms with E-state index in [-0.39, 0.29) is 11.9 Å². The molecule has 0 aromatic heterocycles. The third-order valence-corrected chi connectivity index (χ3v) is 6.23. The van der Waals surface area contributed by atoms with Crippen LogP contribution < -0.4 is 0 Å². The zero-order valence-corrected chi connectivity index (χ0v) is 14.5. The fraction of sp³-hybridized carbons (Fsp3) is 0.875. The second-order valence-corrected chi connectivity index (χ2v) is 11.1. The maximum absolute atomic E-state index is 6.19. The lowest BCUT2D eigenvalue weighted by atomic mass is 9.98. The van der Waals surface area contributed by atoms with Crippen LogP contribution in [0.5, 0.6) is 0 Å². The van der Waals surface area contributed by atoms with Gasteiger partial charge in [0.25, 0.3) is 0 Å². The molecule has 115 valence electrons. The Bertz CT molecular complexity index is 344. The first-order valence-corrected chi connectivity index (χ1v) is 11.0. The van der Waals surface area contributed by atoms with Gasteiger partial charge in [0.1, 0.15) is 0 Å². The lowest BCUT2D eigenvalue weighted by Crippen LogP contribution is -2.30. The minimum absolute atomic E-state index is 0.0361. The van der Waals surface area contributed by atoms with Crippen LogP contribution in [-0.4, -0.2) is 33.4 Å². The van der Waals surface area contributed by atoms with Crippen molar-refractivity contribution in [3.63, 3.8) is 0 Å². The largest absolute Gasteiger partial charge is 0.408 e. The molecule has 0 aromatic carbocycles. The Labute approximate surface area is 124 Å². The SMILES string of the molecule is CC1(C)O[Si](C)(C)CC1=[C]CCCOC1CCCCO1. The topological polar surface area (TPSA) is 27.7 Å². The van der Waals surface area contributed by atoms with Crippen molar-refractivity contribution in [3.8, 4) is 0 Å². The van der Waals surface area contributed by atoms with Crippen LogP contribution in [0, 0.1) is 6.08 Å². The summed E-state index contributed by atoms with van der Waals surface area (Å²) in [6, 6.07) is 1.12. The molecule has 0 saturated carbocycles. The van der Waals surface area contributed by atoms with Gasteiger partial charge in [-0.15, -0.1) is 0 Å². The van der Waals surface area contributed by atoms with E-state index in [2.05, 4.69) is 33.0 Å². The Morgan fingerprint density at radius 3 is 2.75 bits per heavy atom. The second kappa shape index (κ2) is 6.73. The number of hydrogen-bond donors (Lipinski definition) is 0. The van der Waals surface area contributed by atoms with Crippen LogP contribution >= 0.6 is 0 Å². The summed E-state index contributed by atoms with van der Waals surface area (Å²) in [7, 11) is -1.48. The molecule has 0 aromatic rings. The fourth-order valence-electron chi connectivity index (χ4n) is 3.07. The van der Waals surface area contributed by atoms with E-state index in [1.165, 1.54) is 18.4 Å². The van der Waals surface area contributed by atoms with Crippen molar-refractivity contribution in [1.82, 2.24) is 0 Å². The Balaban J connectivity index is 1.68. The third kappa shape index (κ3) is 4.69. The molecule has 20 heavy (non-hydrogen) atoms. The molecule has 0 spiro atoms. The summed E-state index contributed by atoms with van der Waals surface area (Å²) in [4.78, 5) is 0. The van der Waals surface area contributed by atoms with Gasteiger partial charge >= 0.3 is 0 Å². The molecule has 2 aliphatic rings. The van der Waals surface area contributed by atoms with Gasteiger partial charge in [-0.3, -0.25) is 0 Å². The van der Waals surface area contributed by atoms with Crippen LogP contribution in [0.3, 0.4) is 0 Å². The van der Waals surface area contributed by atoms with Crippen LogP contribution in [0.25, 0.3) is 0 Å². The molecule has 1 unspecified atom stereocenters. The maximum Gasteiger partial charge on any atom is 0.192 e. The van der Waals surface area contributed by atoms with E-state index in [9.17, 15) is 0 Å². The van der Waals surface area contributed by atoms with Gasteiger partial charge in [-0.2, -0.15) is 0 Å². The van der Waals surface area contributed by atoms with Crippen LogP contribution in [0.15, 0.2) is 5.57 Å². The highest BCUT2D eigenvalue weighted by molar-refractivity contribution is 6.72. The fourth-order valence-corrected chi connectivity index (χ4v) is 6.05. The molecular weight excluding hydrogens is 268 g/mol. The van der Waals surface area contributed by atoms with Gasteiger partial charge in [-0.25, -0.2) is 0 Å². The van der Waals surface area contributed by atoms with Gasteiger partial charge in [0.15, 0.2) is 14.6 Å². The first kappa shape index (κ1) is 16.2. The van der Waals surface area contributed by atoms with Crippen LogP contribution in [-0.2, 0) is 13.9 Å². The van der Waals surface area contributed by atoms with Crippen LogP contribution in [0.1, 0.15) is 46.0 Å². The van der Waals surface area contributed by atoms with Gasteiger partial charge in [0.05, 0.1) is 12.2 Å². The highest BCUT2D eigenvalue weighted by Gasteiger charge is 2.42. The van der Waals surface area contributed by atoms with E-state index in [0.29, 0.717) is 0 Å². The van der Waals surface area contributed by atoms with Crippen LogP contribution in [0.2, 0.25) is 19.1 Å². The number of unbranched alkanes of at least 4 members (excludes halogenated alkanes) is 1. The predicted octanol–water partition coefficient (Wildman–Crippen LogP) is 4.05. The first-order chi connectivity index (χ1) is 9.39. The Morgan fingerprint density at radius 2 is 2.15 bits per heavy atom. The van der Waals surface area contributed by atoms with Crippen molar-refractivity contribution in [2.45, 2.75) is 77.0 Å². The van der Waals surface area contributed by atoms with Gasteiger partial charge in [0, 0.05) is 6.61 Å². The van der Waals surface area contributed by atoms with Crippen molar-refractivity contribution in [2.24, 2.45) is 0 Å². The van der Waals surface area contributed by atoms with Gasteiger partial charge in [0.2, 0.25) is 0 Å². The summed E-state index contributed by atoms with van der Waals surface area (Å²) >= 11 is 0. The molecule has 4 heteroatoms. The molecule has 2 rings (SSSR count). The maximum atomic E-state index is 6.19. The lowest BCUT2D eigenvalue weighted by Gasteiger charge is -2.23. The molecule has 2 aliphatic heterocycles. The normalized spacial score (nSPS) is 30.8. The quantitative estimate of drug-likeness (QED) is 0.566. The minimum atomic E-state index is -1.48. The van der Waals surface area contributed by atoms with Crippen molar-refractivity contribution in [1.29, 1.82) is 0 Å². The van der Waals surface area contributed by atoms with Crippen molar-refractivity contribution in [2.75, 3.05) is 13.2 Å². The first-order valence-electron chi connectivity index (χ1n) is 7.93. The second-order valence-electron chi connectivity index (χ2n) is 6.97. The summed E-state index contributed by atoms with van der Waals surface area (Å²) in [5, 5.41) is 0. The van der Waals surface area contributed by atoms with Crippen molar-refractivity contribution in [3.05, 3.63) is 11.6 Å². The van der Waals surface area contributed by atoms with Crippen LogP contribution in [0.4, 0.5) is 0 Å². The summed E-state index contributed by atoms with van der Waals surface area (Å²) in [5.74, 6) is 0. The summed E-state index contributed by atoms with van der Waals surface area (Å²) in [5.41, 5.74) is 1.26. The molecule has 1 atom stereocenters. The predicted molar refractivity (Wildman–Crippen MR) is 83.0 cm³/mol. The molecule has 0 bridgehead atoms. The van der Waals surface area contributed by atoms with E-state index >= 15 is 0 Å². The third-order valence-electron chi connectivity index (χ3n) is 3.96. The molecule has 3 nitrogen and oxygen atoms in total. The van der Waals surface area contributed by atoms with Gasteiger partial charge < -0.3 is 13.9 Å². The van der Waals surface area contributed by atoms with Gasteiger partial charge in [-0.05, 0) is 76.7 Å². The monoisotopic (exact) mass is 297 g/mol. The van der Waals surface area contributed by atoms with E-state index in [1.54, 1.807) is 0 Å². The van der Waals surface area contributed by atoms with E-state index in [0.717, 1.165) is 38.5 Å². The number of ether oxygens (including phenoxy) is 2. The molecule has 0 aliphatic carbocycles. The number of allylic oxidation sites excluding steroid dienone is 1.